The van der Waals surface area contributed by atoms with Gasteiger partial charge in [-0.1, -0.05) is 18.2 Å². The molecule has 3 aromatic rings. The lowest BCUT2D eigenvalue weighted by Crippen LogP contribution is -2.12. The van der Waals surface area contributed by atoms with E-state index >= 15 is 0 Å². The number of hydrogen-bond donors (Lipinski definition) is 2. The van der Waals surface area contributed by atoms with Crippen LogP contribution in [0.4, 0.5) is 11.4 Å². The van der Waals surface area contributed by atoms with Crippen molar-refractivity contribution in [2.45, 2.75) is 0 Å². The number of carbonyl (C=O) groups excluding carboxylic acids is 1. The summed E-state index contributed by atoms with van der Waals surface area (Å²) in [7, 11) is 0. The molecule has 6 nitrogen and oxygen atoms in total. The summed E-state index contributed by atoms with van der Waals surface area (Å²) < 4.78 is 0. The molecule has 0 saturated heterocycles. The molecular weight excluding hydrogens is 296 g/mol. The third-order valence-corrected chi connectivity index (χ3v) is 3.45. The van der Waals surface area contributed by atoms with Crippen molar-refractivity contribution in [2.24, 2.45) is 0 Å². The smallest absolute Gasteiger partial charge is 0.269 e. The van der Waals surface area contributed by atoms with E-state index in [-0.39, 0.29) is 17.3 Å². The molecule has 23 heavy (non-hydrogen) atoms. The largest absolute Gasteiger partial charge is 0.508 e. The highest BCUT2D eigenvalue weighted by molar-refractivity contribution is 6.09. The lowest BCUT2D eigenvalue weighted by Gasteiger charge is -2.09. The Labute approximate surface area is 131 Å². The van der Waals surface area contributed by atoms with Gasteiger partial charge in [0.25, 0.3) is 11.6 Å². The van der Waals surface area contributed by atoms with Crippen molar-refractivity contribution in [3.05, 3.63) is 76.3 Å². The predicted molar refractivity (Wildman–Crippen MR) is 86.7 cm³/mol. The minimum atomic E-state index is -0.519. The number of hydrogen-bond acceptors (Lipinski definition) is 4. The molecule has 0 spiro atoms. The van der Waals surface area contributed by atoms with Crippen molar-refractivity contribution < 1.29 is 14.8 Å². The first-order chi connectivity index (χ1) is 11.0. The molecular formula is C17H12N2O4. The van der Waals surface area contributed by atoms with Crippen LogP contribution in [-0.4, -0.2) is 15.9 Å². The second-order valence-electron chi connectivity index (χ2n) is 4.97. The Morgan fingerprint density at radius 1 is 1.04 bits per heavy atom. The summed E-state index contributed by atoms with van der Waals surface area (Å²) in [5.74, 6) is -0.273. The first kappa shape index (κ1) is 14.5. The van der Waals surface area contributed by atoms with E-state index in [0.717, 1.165) is 5.39 Å². The van der Waals surface area contributed by atoms with Gasteiger partial charge in [-0.25, -0.2) is 0 Å². The van der Waals surface area contributed by atoms with Crippen LogP contribution in [0.3, 0.4) is 0 Å². The van der Waals surface area contributed by atoms with E-state index in [1.807, 2.05) is 6.07 Å². The number of carbonyl (C=O) groups is 1. The van der Waals surface area contributed by atoms with E-state index in [1.165, 1.54) is 24.3 Å². The summed E-state index contributed by atoms with van der Waals surface area (Å²) in [6, 6.07) is 15.7. The SMILES string of the molecule is O=C(Nc1cccc2ccc(O)cc12)c1ccc([N+](=O)[O-])cc1. The first-order valence-corrected chi connectivity index (χ1v) is 6.82. The summed E-state index contributed by atoms with van der Waals surface area (Å²) in [6.45, 7) is 0. The number of non-ortho nitro benzene ring substituents is 1. The quantitative estimate of drug-likeness (QED) is 0.570. The zero-order valence-corrected chi connectivity index (χ0v) is 11.9. The van der Waals surface area contributed by atoms with Crippen molar-refractivity contribution in [3.8, 4) is 5.75 Å². The van der Waals surface area contributed by atoms with Crippen molar-refractivity contribution >= 4 is 28.1 Å². The van der Waals surface area contributed by atoms with Crippen molar-refractivity contribution in [1.82, 2.24) is 0 Å². The zero-order valence-electron chi connectivity index (χ0n) is 11.9. The molecule has 0 fully saturated rings. The molecule has 3 aromatic carbocycles. The van der Waals surface area contributed by atoms with Crippen LogP contribution in [0.1, 0.15) is 10.4 Å². The van der Waals surface area contributed by atoms with E-state index in [1.54, 1.807) is 30.3 Å². The second-order valence-corrected chi connectivity index (χ2v) is 4.97. The maximum absolute atomic E-state index is 12.3. The van der Waals surface area contributed by atoms with Gasteiger partial charge >= 0.3 is 0 Å². The molecule has 6 heteroatoms. The van der Waals surface area contributed by atoms with Crippen molar-refractivity contribution in [3.63, 3.8) is 0 Å². The zero-order chi connectivity index (χ0) is 16.4. The number of phenols is 1. The number of aromatic hydroxyl groups is 1. The molecule has 2 N–H and O–H groups in total. The minimum absolute atomic E-state index is 0.0726. The van der Waals surface area contributed by atoms with Gasteiger partial charge < -0.3 is 10.4 Å². The van der Waals surface area contributed by atoms with Crippen molar-refractivity contribution in [2.75, 3.05) is 5.32 Å². The average molecular weight is 308 g/mol. The molecule has 0 atom stereocenters. The van der Waals surface area contributed by atoms with Gasteiger partial charge in [-0.2, -0.15) is 0 Å². The summed E-state index contributed by atoms with van der Waals surface area (Å²) in [4.78, 5) is 22.4. The van der Waals surface area contributed by atoms with E-state index in [9.17, 15) is 20.0 Å². The third-order valence-electron chi connectivity index (χ3n) is 3.45. The number of phenolic OH excluding ortho intramolecular Hbond substituents is 1. The molecule has 0 aliphatic carbocycles. The van der Waals surface area contributed by atoms with Crippen LogP contribution in [0.25, 0.3) is 10.8 Å². The Morgan fingerprint density at radius 3 is 2.48 bits per heavy atom. The number of rotatable bonds is 3. The number of nitrogens with zero attached hydrogens (tertiary/aromatic N) is 1. The standard InChI is InChI=1S/C17H12N2O4/c20-14-9-6-11-2-1-3-16(15(11)10-14)18-17(21)12-4-7-13(8-5-12)19(22)23/h1-10,20H,(H,18,21). The molecule has 0 radical (unpaired) electrons. The molecule has 114 valence electrons. The van der Waals surface area contributed by atoms with E-state index in [2.05, 4.69) is 5.32 Å². The van der Waals surface area contributed by atoms with Crippen LogP contribution in [0.15, 0.2) is 60.7 Å². The third kappa shape index (κ3) is 2.96. The number of benzene rings is 3. The Morgan fingerprint density at radius 2 is 1.78 bits per heavy atom. The Hall–Kier alpha value is -3.41. The fourth-order valence-electron chi connectivity index (χ4n) is 2.30. The highest BCUT2D eigenvalue weighted by Gasteiger charge is 2.11. The fourth-order valence-corrected chi connectivity index (χ4v) is 2.30. The first-order valence-electron chi connectivity index (χ1n) is 6.82. The minimum Gasteiger partial charge on any atom is -0.508 e. The summed E-state index contributed by atoms with van der Waals surface area (Å²) in [5, 5.41) is 24.6. The molecule has 0 heterocycles. The van der Waals surface area contributed by atoms with Gasteiger partial charge in [0.2, 0.25) is 0 Å². The van der Waals surface area contributed by atoms with Crippen LogP contribution >= 0.6 is 0 Å². The van der Waals surface area contributed by atoms with Gasteiger partial charge in [-0.05, 0) is 35.7 Å². The summed E-state index contributed by atoms with van der Waals surface area (Å²) in [6.07, 6.45) is 0. The summed E-state index contributed by atoms with van der Waals surface area (Å²) in [5.41, 5.74) is 0.797. The number of fused-ring (bicyclic) bond motifs is 1. The van der Waals surface area contributed by atoms with E-state index in [4.69, 9.17) is 0 Å². The highest BCUT2D eigenvalue weighted by atomic mass is 16.6. The molecule has 0 aromatic heterocycles. The van der Waals surface area contributed by atoms with Gasteiger partial charge in [-0.3, -0.25) is 14.9 Å². The summed E-state index contributed by atoms with van der Waals surface area (Å²) >= 11 is 0. The fraction of sp³-hybridized carbons (Fsp3) is 0. The van der Waals surface area contributed by atoms with Gasteiger partial charge in [-0.15, -0.1) is 0 Å². The number of nitro groups is 1. The maximum atomic E-state index is 12.3. The van der Waals surface area contributed by atoms with Crippen LogP contribution < -0.4 is 5.32 Å². The van der Waals surface area contributed by atoms with Gasteiger partial charge in [0.1, 0.15) is 5.75 Å². The van der Waals surface area contributed by atoms with Gasteiger partial charge in [0.05, 0.1) is 4.92 Å². The van der Waals surface area contributed by atoms with Crippen LogP contribution in [0, 0.1) is 10.1 Å². The Kier molecular flexibility index (Phi) is 3.64. The highest BCUT2D eigenvalue weighted by Crippen LogP contribution is 2.27. The molecule has 1 amide bonds. The van der Waals surface area contributed by atoms with E-state index < -0.39 is 4.92 Å². The molecule has 0 unspecified atom stereocenters. The average Bonchev–Trinajstić information content (AvgIpc) is 2.55. The predicted octanol–water partition coefficient (Wildman–Crippen LogP) is 3.71. The molecule has 0 bridgehead atoms. The Balaban J connectivity index is 1.91. The monoisotopic (exact) mass is 308 g/mol. The molecule has 0 aliphatic rings. The van der Waals surface area contributed by atoms with Gasteiger partial charge in [0, 0.05) is 28.8 Å². The molecule has 3 rings (SSSR count). The number of nitro benzene ring substituents is 1. The Bertz CT molecular complexity index is 904. The van der Waals surface area contributed by atoms with Crippen molar-refractivity contribution in [1.29, 1.82) is 0 Å². The van der Waals surface area contributed by atoms with E-state index in [0.29, 0.717) is 16.6 Å². The second kappa shape index (κ2) is 5.76. The lowest BCUT2D eigenvalue weighted by molar-refractivity contribution is -0.384. The molecule has 0 saturated carbocycles. The normalized spacial score (nSPS) is 10.4. The maximum Gasteiger partial charge on any atom is 0.269 e. The van der Waals surface area contributed by atoms with Crippen LogP contribution in [0.5, 0.6) is 5.75 Å². The number of nitrogens with one attached hydrogen (secondary N) is 1. The topological polar surface area (TPSA) is 92.5 Å². The van der Waals surface area contributed by atoms with Crippen LogP contribution in [0.2, 0.25) is 0 Å². The van der Waals surface area contributed by atoms with Gasteiger partial charge in [0.15, 0.2) is 0 Å². The number of amides is 1. The lowest BCUT2D eigenvalue weighted by atomic mass is 10.1. The van der Waals surface area contributed by atoms with Crippen LogP contribution in [-0.2, 0) is 0 Å². The number of anilines is 1. The molecule has 0 aliphatic heterocycles.